The molecule has 0 saturated heterocycles. The molecule has 0 aliphatic heterocycles. The number of benzene rings is 2. The van der Waals surface area contributed by atoms with Gasteiger partial charge in [-0.05, 0) is 29.7 Å². The zero-order chi connectivity index (χ0) is 16.5. The Balaban J connectivity index is 1.78. The van der Waals surface area contributed by atoms with Crippen molar-refractivity contribution in [3.8, 4) is 10.4 Å². The van der Waals surface area contributed by atoms with Gasteiger partial charge in [-0.2, -0.15) is 0 Å². The first-order valence-electron chi connectivity index (χ1n) is 7.69. The molecule has 4 nitrogen and oxygen atoms in total. The van der Waals surface area contributed by atoms with Crippen LogP contribution in [0.25, 0.3) is 20.7 Å². The zero-order valence-corrected chi connectivity index (χ0v) is 14.0. The van der Waals surface area contributed by atoms with Gasteiger partial charge in [-0.15, -0.1) is 16.4 Å². The van der Waals surface area contributed by atoms with Crippen molar-refractivity contribution >= 4 is 21.6 Å². The minimum absolute atomic E-state index is 0.0957. The molecule has 0 aliphatic rings. The van der Waals surface area contributed by atoms with Crippen molar-refractivity contribution in [3.05, 3.63) is 82.1 Å². The van der Waals surface area contributed by atoms with Crippen LogP contribution in [-0.4, -0.2) is 15.0 Å². The Morgan fingerprint density at radius 1 is 1.04 bits per heavy atom. The van der Waals surface area contributed by atoms with Crippen LogP contribution >= 0.6 is 11.3 Å². The molecular weight excluding hydrogens is 318 g/mol. The van der Waals surface area contributed by atoms with Gasteiger partial charge in [-0.1, -0.05) is 59.8 Å². The standard InChI is InChI=1S/C19H15N3OS/c1-13-7-5-6-10-15(13)12-22-19(23)16-11-17(24-18(16)20-21-22)14-8-3-2-4-9-14/h2-11H,12H2,1H3. The summed E-state index contributed by atoms with van der Waals surface area (Å²) in [5, 5.41) is 8.99. The van der Waals surface area contributed by atoms with Crippen molar-refractivity contribution in [1.29, 1.82) is 0 Å². The number of hydrogen-bond acceptors (Lipinski definition) is 4. The van der Waals surface area contributed by atoms with Crippen molar-refractivity contribution in [2.24, 2.45) is 0 Å². The summed E-state index contributed by atoms with van der Waals surface area (Å²) in [7, 11) is 0. The molecule has 2 aromatic heterocycles. The molecule has 0 spiro atoms. The SMILES string of the molecule is Cc1ccccc1Cn1nnc2sc(-c3ccccc3)cc2c1=O. The van der Waals surface area contributed by atoms with Crippen LogP contribution in [-0.2, 0) is 6.54 Å². The first-order chi connectivity index (χ1) is 11.7. The van der Waals surface area contributed by atoms with E-state index in [0.29, 0.717) is 16.8 Å². The third kappa shape index (κ3) is 2.63. The summed E-state index contributed by atoms with van der Waals surface area (Å²) in [4.78, 5) is 14.5. The maximum atomic E-state index is 12.8. The van der Waals surface area contributed by atoms with Gasteiger partial charge in [0.05, 0.1) is 11.9 Å². The topological polar surface area (TPSA) is 47.8 Å². The van der Waals surface area contributed by atoms with E-state index in [0.717, 1.165) is 21.6 Å². The van der Waals surface area contributed by atoms with E-state index in [1.54, 1.807) is 0 Å². The molecule has 0 radical (unpaired) electrons. The lowest BCUT2D eigenvalue weighted by Crippen LogP contribution is -2.24. The fourth-order valence-corrected chi connectivity index (χ4v) is 3.65. The van der Waals surface area contributed by atoms with Crippen molar-refractivity contribution in [1.82, 2.24) is 15.0 Å². The number of hydrogen-bond donors (Lipinski definition) is 0. The lowest BCUT2D eigenvalue weighted by Gasteiger charge is -2.06. The smallest absolute Gasteiger partial charge is 0.267 e. The van der Waals surface area contributed by atoms with Gasteiger partial charge in [-0.3, -0.25) is 4.79 Å². The highest BCUT2D eigenvalue weighted by Gasteiger charge is 2.12. The van der Waals surface area contributed by atoms with E-state index in [1.807, 2.05) is 67.6 Å². The highest BCUT2D eigenvalue weighted by Crippen LogP contribution is 2.30. The summed E-state index contributed by atoms with van der Waals surface area (Å²) in [5.41, 5.74) is 3.21. The van der Waals surface area contributed by atoms with Crippen molar-refractivity contribution in [2.75, 3.05) is 0 Å². The van der Waals surface area contributed by atoms with Crippen molar-refractivity contribution < 1.29 is 0 Å². The lowest BCUT2D eigenvalue weighted by molar-refractivity contribution is 0.600. The maximum absolute atomic E-state index is 12.8. The average molecular weight is 333 g/mol. The summed E-state index contributed by atoms with van der Waals surface area (Å²) < 4.78 is 1.44. The Hall–Kier alpha value is -2.79. The first-order valence-corrected chi connectivity index (χ1v) is 8.51. The molecule has 24 heavy (non-hydrogen) atoms. The second kappa shape index (κ2) is 6.02. The molecule has 118 valence electrons. The van der Waals surface area contributed by atoms with E-state index in [4.69, 9.17) is 0 Å². The van der Waals surface area contributed by atoms with Gasteiger partial charge in [0.1, 0.15) is 0 Å². The predicted molar refractivity (Wildman–Crippen MR) is 97.4 cm³/mol. The normalized spacial score (nSPS) is 11.0. The Morgan fingerprint density at radius 3 is 2.58 bits per heavy atom. The fourth-order valence-electron chi connectivity index (χ4n) is 2.68. The molecule has 4 rings (SSSR count). The number of nitrogens with zero attached hydrogens (tertiary/aromatic N) is 3. The van der Waals surface area contributed by atoms with Gasteiger partial charge in [0, 0.05) is 4.88 Å². The van der Waals surface area contributed by atoms with Crippen LogP contribution in [0.2, 0.25) is 0 Å². The number of fused-ring (bicyclic) bond motifs is 1. The average Bonchev–Trinajstić information content (AvgIpc) is 3.05. The summed E-state index contributed by atoms with van der Waals surface area (Å²) in [6, 6.07) is 19.9. The van der Waals surface area contributed by atoms with E-state index in [1.165, 1.54) is 16.0 Å². The number of thiophene rings is 1. The molecule has 0 unspecified atom stereocenters. The van der Waals surface area contributed by atoms with E-state index in [-0.39, 0.29) is 5.56 Å². The summed E-state index contributed by atoms with van der Waals surface area (Å²) in [5.74, 6) is 0. The largest absolute Gasteiger partial charge is 0.278 e. The summed E-state index contributed by atoms with van der Waals surface area (Å²) in [6.07, 6.45) is 0. The van der Waals surface area contributed by atoms with Crippen LogP contribution in [0, 0.1) is 6.92 Å². The minimum atomic E-state index is -0.0957. The first kappa shape index (κ1) is 14.8. The van der Waals surface area contributed by atoms with Gasteiger partial charge in [0.15, 0.2) is 4.83 Å². The molecule has 0 amide bonds. The lowest BCUT2D eigenvalue weighted by atomic mass is 10.1. The summed E-state index contributed by atoms with van der Waals surface area (Å²) in [6.45, 7) is 2.47. The fraction of sp³-hybridized carbons (Fsp3) is 0.105. The molecule has 0 fully saturated rings. The molecule has 5 heteroatoms. The molecular formula is C19H15N3OS. The van der Waals surface area contributed by atoms with Gasteiger partial charge in [-0.25, -0.2) is 4.68 Å². The Labute approximate surface area is 143 Å². The predicted octanol–water partition coefficient (Wildman–Crippen LogP) is 3.88. The Bertz CT molecular complexity index is 1070. The molecule has 0 atom stereocenters. The molecule has 4 aromatic rings. The molecule has 0 aliphatic carbocycles. The molecule has 2 aromatic carbocycles. The van der Waals surface area contributed by atoms with Crippen LogP contribution in [0.5, 0.6) is 0 Å². The van der Waals surface area contributed by atoms with E-state index < -0.39 is 0 Å². The third-order valence-electron chi connectivity index (χ3n) is 4.06. The van der Waals surface area contributed by atoms with Crippen LogP contribution in [0.4, 0.5) is 0 Å². The van der Waals surface area contributed by atoms with Gasteiger partial charge in [0.2, 0.25) is 0 Å². The third-order valence-corrected chi connectivity index (χ3v) is 5.13. The van der Waals surface area contributed by atoms with Gasteiger partial charge < -0.3 is 0 Å². The zero-order valence-electron chi connectivity index (χ0n) is 13.1. The van der Waals surface area contributed by atoms with Crippen molar-refractivity contribution in [3.63, 3.8) is 0 Å². The summed E-state index contributed by atoms with van der Waals surface area (Å²) >= 11 is 1.50. The monoisotopic (exact) mass is 333 g/mol. The second-order valence-electron chi connectivity index (χ2n) is 5.67. The molecule has 0 bridgehead atoms. The number of aromatic nitrogens is 3. The number of aryl methyl sites for hydroxylation is 1. The molecule has 0 saturated carbocycles. The highest BCUT2D eigenvalue weighted by molar-refractivity contribution is 7.21. The number of rotatable bonds is 3. The maximum Gasteiger partial charge on any atom is 0.278 e. The Morgan fingerprint density at radius 2 is 1.79 bits per heavy atom. The highest BCUT2D eigenvalue weighted by atomic mass is 32.1. The van der Waals surface area contributed by atoms with Gasteiger partial charge >= 0.3 is 0 Å². The minimum Gasteiger partial charge on any atom is -0.267 e. The van der Waals surface area contributed by atoms with E-state index in [9.17, 15) is 4.79 Å². The molecule has 2 heterocycles. The second-order valence-corrected chi connectivity index (χ2v) is 6.70. The van der Waals surface area contributed by atoms with E-state index >= 15 is 0 Å². The molecule has 0 N–H and O–H groups in total. The van der Waals surface area contributed by atoms with Gasteiger partial charge in [0.25, 0.3) is 5.56 Å². The van der Waals surface area contributed by atoms with Crippen molar-refractivity contribution in [2.45, 2.75) is 13.5 Å². The van der Waals surface area contributed by atoms with Crippen LogP contribution in [0.3, 0.4) is 0 Å². The van der Waals surface area contributed by atoms with Crippen LogP contribution < -0.4 is 5.56 Å². The van der Waals surface area contributed by atoms with E-state index in [2.05, 4.69) is 10.3 Å². The Kier molecular flexibility index (Phi) is 3.70. The quantitative estimate of drug-likeness (QED) is 0.572. The van der Waals surface area contributed by atoms with Crippen LogP contribution in [0.1, 0.15) is 11.1 Å². The van der Waals surface area contributed by atoms with Crippen LogP contribution in [0.15, 0.2) is 65.5 Å².